The Hall–Kier alpha value is -2.03. The van der Waals surface area contributed by atoms with Crippen LogP contribution in [0, 0.1) is 13.8 Å². The number of nitrogen functional groups attached to an aromatic ring is 1. The topological polar surface area (TPSA) is 48.1 Å². The van der Waals surface area contributed by atoms with E-state index in [9.17, 15) is 0 Å². The highest BCUT2D eigenvalue weighted by molar-refractivity contribution is 5.38. The summed E-state index contributed by atoms with van der Waals surface area (Å²) in [5.74, 6) is 1.42. The fraction of sp³-hybridized carbons (Fsp3) is 0.214. The standard InChI is InChI=1S/C14H16N2O/c1-10-5-3-7-13(11(10)2)17-9-12-6-4-8-14(15)16-12/h3-8H,9H2,1-2H3,(H2,15,16). The molecule has 0 unspecified atom stereocenters. The minimum absolute atomic E-state index is 0.440. The number of pyridine rings is 1. The van der Waals surface area contributed by atoms with Crippen LogP contribution < -0.4 is 10.5 Å². The molecule has 0 saturated carbocycles. The molecule has 0 aliphatic carbocycles. The average molecular weight is 228 g/mol. The van der Waals surface area contributed by atoms with Gasteiger partial charge in [-0.1, -0.05) is 18.2 Å². The lowest BCUT2D eigenvalue weighted by Gasteiger charge is -2.10. The van der Waals surface area contributed by atoms with E-state index >= 15 is 0 Å². The van der Waals surface area contributed by atoms with Crippen molar-refractivity contribution in [2.24, 2.45) is 0 Å². The molecule has 88 valence electrons. The summed E-state index contributed by atoms with van der Waals surface area (Å²) in [4.78, 5) is 4.19. The van der Waals surface area contributed by atoms with Crippen molar-refractivity contribution in [3.8, 4) is 5.75 Å². The number of hydrogen-bond donors (Lipinski definition) is 1. The first-order valence-electron chi connectivity index (χ1n) is 5.57. The molecule has 0 amide bonds. The number of aromatic nitrogens is 1. The van der Waals surface area contributed by atoms with Gasteiger partial charge in [0.15, 0.2) is 0 Å². The lowest BCUT2D eigenvalue weighted by Crippen LogP contribution is -2.01. The molecule has 0 aliphatic rings. The van der Waals surface area contributed by atoms with Gasteiger partial charge in [-0.2, -0.15) is 0 Å². The molecule has 1 heterocycles. The van der Waals surface area contributed by atoms with E-state index in [1.807, 2.05) is 24.3 Å². The molecule has 0 radical (unpaired) electrons. The van der Waals surface area contributed by atoms with E-state index in [1.54, 1.807) is 6.07 Å². The van der Waals surface area contributed by atoms with Crippen LogP contribution in [0.15, 0.2) is 36.4 Å². The molecule has 1 aromatic heterocycles. The minimum Gasteiger partial charge on any atom is -0.487 e. The van der Waals surface area contributed by atoms with Gasteiger partial charge in [0.1, 0.15) is 18.2 Å². The van der Waals surface area contributed by atoms with Crippen LogP contribution in [0.2, 0.25) is 0 Å². The van der Waals surface area contributed by atoms with Crippen molar-refractivity contribution < 1.29 is 4.74 Å². The third-order valence-electron chi connectivity index (χ3n) is 2.76. The normalized spacial score (nSPS) is 10.2. The van der Waals surface area contributed by atoms with Gasteiger partial charge in [0.2, 0.25) is 0 Å². The molecular formula is C14H16N2O. The van der Waals surface area contributed by atoms with Crippen LogP contribution in [0.5, 0.6) is 5.75 Å². The van der Waals surface area contributed by atoms with Crippen LogP contribution >= 0.6 is 0 Å². The molecule has 0 aliphatic heterocycles. The van der Waals surface area contributed by atoms with Gasteiger partial charge in [0.05, 0.1) is 5.69 Å². The zero-order valence-corrected chi connectivity index (χ0v) is 10.1. The van der Waals surface area contributed by atoms with E-state index in [2.05, 4.69) is 24.9 Å². The van der Waals surface area contributed by atoms with E-state index in [-0.39, 0.29) is 0 Å². The van der Waals surface area contributed by atoms with E-state index in [0.717, 1.165) is 17.0 Å². The van der Waals surface area contributed by atoms with E-state index < -0.39 is 0 Å². The molecule has 17 heavy (non-hydrogen) atoms. The molecule has 3 heteroatoms. The zero-order valence-electron chi connectivity index (χ0n) is 10.1. The number of anilines is 1. The van der Waals surface area contributed by atoms with Crippen LogP contribution in [0.4, 0.5) is 5.82 Å². The van der Waals surface area contributed by atoms with Crippen LogP contribution in [0.25, 0.3) is 0 Å². The van der Waals surface area contributed by atoms with Crippen LogP contribution in [0.1, 0.15) is 16.8 Å². The molecular weight excluding hydrogens is 212 g/mol. The predicted octanol–water partition coefficient (Wildman–Crippen LogP) is 2.86. The summed E-state index contributed by atoms with van der Waals surface area (Å²) in [6, 6.07) is 11.6. The predicted molar refractivity (Wildman–Crippen MR) is 68.9 cm³/mol. The first kappa shape index (κ1) is 11.5. The van der Waals surface area contributed by atoms with Gasteiger partial charge in [0, 0.05) is 0 Å². The minimum atomic E-state index is 0.440. The first-order chi connectivity index (χ1) is 8.16. The summed E-state index contributed by atoms with van der Waals surface area (Å²) in [5, 5.41) is 0. The second-order valence-electron chi connectivity index (χ2n) is 4.04. The van der Waals surface area contributed by atoms with E-state index in [4.69, 9.17) is 10.5 Å². The maximum atomic E-state index is 5.74. The SMILES string of the molecule is Cc1cccc(OCc2cccc(N)n2)c1C. The summed E-state index contributed by atoms with van der Waals surface area (Å²) in [6.45, 7) is 4.56. The first-order valence-corrected chi connectivity index (χ1v) is 5.57. The summed E-state index contributed by atoms with van der Waals surface area (Å²) in [5.41, 5.74) is 8.84. The highest BCUT2D eigenvalue weighted by Gasteiger charge is 2.02. The Balaban J connectivity index is 2.10. The van der Waals surface area contributed by atoms with Crippen molar-refractivity contribution in [1.29, 1.82) is 0 Å². The van der Waals surface area contributed by atoms with Gasteiger partial charge in [-0.3, -0.25) is 0 Å². The Labute approximate surface area is 101 Å². The van der Waals surface area contributed by atoms with Crippen molar-refractivity contribution in [1.82, 2.24) is 4.98 Å². The number of ether oxygens (including phenoxy) is 1. The lowest BCUT2D eigenvalue weighted by atomic mass is 10.1. The number of nitrogens with zero attached hydrogens (tertiary/aromatic N) is 1. The third kappa shape index (κ3) is 2.75. The maximum Gasteiger partial charge on any atom is 0.130 e. The summed E-state index contributed by atoms with van der Waals surface area (Å²) in [6.07, 6.45) is 0. The molecule has 0 bridgehead atoms. The maximum absolute atomic E-state index is 5.74. The zero-order chi connectivity index (χ0) is 12.3. The molecule has 2 aromatic rings. The quantitative estimate of drug-likeness (QED) is 0.878. The lowest BCUT2D eigenvalue weighted by molar-refractivity contribution is 0.299. The largest absolute Gasteiger partial charge is 0.487 e. The van der Waals surface area contributed by atoms with Gasteiger partial charge in [-0.05, 0) is 43.2 Å². The van der Waals surface area contributed by atoms with Gasteiger partial charge < -0.3 is 10.5 Å². The van der Waals surface area contributed by atoms with Crippen molar-refractivity contribution in [3.05, 3.63) is 53.2 Å². The number of hydrogen-bond acceptors (Lipinski definition) is 3. The number of benzene rings is 1. The fourth-order valence-corrected chi connectivity index (χ4v) is 1.61. The number of aryl methyl sites for hydroxylation is 1. The van der Waals surface area contributed by atoms with Crippen molar-refractivity contribution in [2.45, 2.75) is 20.5 Å². The average Bonchev–Trinajstić information content (AvgIpc) is 2.31. The fourth-order valence-electron chi connectivity index (χ4n) is 1.61. The summed E-state index contributed by atoms with van der Waals surface area (Å²) >= 11 is 0. The van der Waals surface area contributed by atoms with E-state index in [1.165, 1.54) is 5.56 Å². The molecule has 0 fully saturated rings. The second kappa shape index (κ2) is 4.87. The number of rotatable bonds is 3. The van der Waals surface area contributed by atoms with Crippen molar-refractivity contribution >= 4 is 5.82 Å². The van der Waals surface area contributed by atoms with E-state index in [0.29, 0.717) is 12.4 Å². The molecule has 0 spiro atoms. The molecule has 2 rings (SSSR count). The Morgan fingerprint density at radius 2 is 1.88 bits per heavy atom. The molecule has 2 N–H and O–H groups in total. The van der Waals surface area contributed by atoms with Gasteiger partial charge >= 0.3 is 0 Å². The second-order valence-corrected chi connectivity index (χ2v) is 4.04. The Morgan fingerprint density at radius 1 is 1.12 bits per heavy atom. The highest BCUT2D eigenvalue weighted by Crippen LogP contribution is 2.21. The smallest absolute Gasteiger partial charge is 0.130 e. The Kier molecular flexibility index (Phi) is 3.28. The monoisotopic (exact) mass is 228 g/mol. The summed E-state index contributed by atoms with van der Waals surface area (Å²) < 4.78 is 5.74. The molecule has 1 aromatic carbocycles. The van der Waals surface area contributed by atoms with Crippen LogP contribution in [-0.2, 0) is 6.61 Å². The molecule has 0 atom stereocenters. The van der Waals surface area contributed by atoms with Crippen molar-refractivity contribution in [3.63, 3.8) is 0 Å². The third-order valence-corrected chi connectivity index (χ3v) is 2.76. The van der Waals surface area contributed by atoms with Crippen LogP contribution in [0.3, 0.4) is 0 Å². The Bertz CT molecular complexity index is 523. The van der Waals surface area contributed by atoms with Crippen LogP contribution in [-0.4, -0.2) is 4.98 Å². The van der Waals surface area contributed by atoms with Gasteiger partial charge in [-0.25, -0.2) is 4.98 Å². The number of nitrogens with two attached hydrogens (primary N) is 1. The summed E-state index contributed by atoms with van der Waals surface area (Å²) in [7, 11) is 0. The van der Waals surface area contributed by atoms with Crippen molar-refractivity contribution in [2.75, 3.05) is 5.73 Å². The molecule has 3 nitrogen and oxygen atoms in total. The van der Waals surface area contributed by atoms with Gasteiger partial charge in [-0.15, -0.1) is 0 Å². The van der Waals surface area contributed by atoms with Gasteiger partial charge in [0.25, 0.3) is 0 Å². The highest BCUT2D eigenvalue weighted by atomic mass is 16.5. The molecule has 0 saturated heterocycles. The Morgan fingerprint density at radius 3 is 2.65 bits per heavy atom.